The minimum Gasteiger partial charge on any atom is -0.379 e. The van der Waals surface area contributed by atoms with Crippen LogP contribution in [-0.4, -0.2) is 65.6 Å². The highest BCUT2D eigenvalue weighted by molar-refractivity contribution is 6.09. The lowest BCUT2D eigenvalue weighted by Gasteiger charge is -2.38. The van der Waals surface area contributed by atoms with Crippen molar-refractivity contribution in [1.29, 1.82) is 5.41 Å². The number of amidine groups is 1. The maximum Gasteiger partial charge on any atom is 0.322 e. The number of ether oxygens (including phenoxy) is 1. The van der Waals surface area contributed by atoms with E-state index in [-0.39, 0.29) is 24.3 Å². The molecule has 0 spiro atoms. The van der Waals surface area contributed by atoms with Crippen LogP contribution in [-0.2, 0) is 20.9 Å². The van der Waals surface area contributed by atoms with E-state index >= 15 is 0 Å². The number of nitrogens with zero attached hydrogens (tertiary/aromatic N) is 1. The molecule has 3 atom stereocenters. The Morgan fingerprint density at radius 2 is 2.00 bits per heavy atom. The van der Waals surface area contributed by atoms with Gasteiger partial charge >= 0.3 is 5.92 Å². The van der Waals surface area contributed by atoms with Crippen molar-refractivity contribution in [2.75, 3.05) is 13.2 Å². The first-order valence-electron chi connectivity index (χ1n) is 10.4. The lowest BCUT2D eigenvalue weighted by Crippen LogP contribution is -2.57. The van der Waals surface area contributed by atoms with Gasteiger partial charge in [0.05, 0.1) is 18.7 Å². The molecule has 1 unspecified atom stereocenters. The lowest BCUT2D eigenvalue weighted by atomic mass is 10.0. The topological polar surface area (TPSA) is 112 Å². The van der Waals surface area contributed by atoms with E-state index in [9.17, 15) is 31.9 Å². The van der Waals surface area contributed by atoms with Crippen molar-refractivity contribution in [3.8, 4) is 0 Å². The zero-order chi connectivity index (χ0) is 24.1. The van der Waals surface area contributed by atoms with Crippen molar-refractivity contribution < 1.29 is 36.7 Å². The average molecular weight is 470 g/mol. The maximum atomic E-state index is 13.3. The number of halogens is 4. The van der Waals surface area contributed by atoms with Gasteiger partial charge in [-0.2, -0.15) is 8.78 Å². The second-order valence-electron chi connectivity index (χ2n) is 8.59. The van der Waals surface area contributed by atoms with Gasteiger partial charge in [0.1, 0.15) is 11.8 Å². The van der Waals surface area contributed by atoms with Crippen LogP contribution in [0.3, 0.4) is 0 Å². The number of alkyl halides is 4. The molecule has 8 nitrogen and oxygen atoms in total. The molecule has 178 valence electrons. The van der Waals surface area contributed by atoms with E-state index in [1.165, 1.54) is 17.0 Å². The van der Waals surface area contributed by atoms with Crippen LogP contribution in [0.4, 0.5) is 17.6 Å². The van der Waals surface area contributed by atoms with E-state index in [0.29, 0.717) is 25.5 Å². The molecule has 1 saturated heterocycles. The number of rotatable bonds is 5. The Bertz CT molecular complexity index is 1030. The summed E-state index contributed by atoms with van der Waals surface area (Å²) >= 11 is 0. The molecule has 33 heavy (non-hydrogen) atoms. The summed E-state index contributed by atoms with van der Waals surface area (Å²) in [6, 6.07) is 3.16. The monoisotopic (exact) mass is 470 g/mol. The number of hydrogen-bond donors (Lipinski definition) is 3. The van der Waals surface area contributed by atoms with E-state index in [1.807, 2.05) is 5.32 Å². The van der Waals surface area contributed by atoms with Gasteiger partial charge in [0.25, 0.3) is 17.7 Å². The Labute approximate surface area is 186 Å². The number of hydrogen-bond acceptors (Lipinski definition) is 5. The normalized spacial score (nSPS) is 25.9. The number of carbonyl (C=O) groups excluding carboxylic acids is 3. The Morgan fingerprint density at radius 3 is 2.64 bits per heavy atom. The molecule has 1 aliphatic carbocycles. The van der Waals surface area contributed by atoms with E-state index < -0.39 is 59.8 Å². The summed E-state index contributed by atoms with van der Waals surface area (Å²) in [4.78, 5) is 38.2. The molecule has 2 heterocycles. The molecule has 4 rings (SSSR count). The van der Waals surface area contributed by atoms with Gasteiger partial charge in [-0.05, 0) is 18.1 Å². The third kappa shape index (κ3) is 4.56. The third-order valence-corrected chi connectivity index (χ3v) is 6.06. The van der Waals surface area contributed by atoms with Crippen molar-refractivity contribution in [2.45, 2.75) is 50.2 Å². The summed E-state index contributed by atoms with van der Waals surface area (Å²) in [5.74, 6) is -11.4. The van der Waals surface area contributed by atoms with Gasteiger partial charge < -0.3 is 20.3 Å². The van der Waals surface area contributed by atoms with Crippen molar-refractivity contribution in [3.05, 3.63) is 34.9 Å². The molecule has 0 bridgehead atoms. The fourth-order valence-corrected chi connectivity index (χ4v) is 4.02. The summed E-state index contributed by atoms with van der Waals surface area (Å²) in [5, 5.41) is 12.3. The molecule has 0 radical (unpaired) electrons. The first kappa shape index (κ1) is 23.1. The van der Waals surface area contributed by atoms with Gasteiger partial charge in [0.2, 0.25) is 5.91 Å². The maximum absolute atomic E-state index is 13.3. The summed E-state index contributed by atoms with van der Waals surface area (Å²) in [7, 11) is 0. The zero-order valence-corrected chi connectivity index (χ0v) is 17.6. The quantitative estimate of drug-likeness (QED) is 0.345. The Balaban J connectivity index is 1.47. The average Bonchev–Trinajstić information content (AvgIpc) is 3.27. The van der Waals surface area contributed by atoms with Gasteiger partial charge in [-0.25, -0.2) is 8.78 Å². The molecule has 3 N–H and O–H groups in total. The molecule has 0 aromatic heterocycles. The number of benzene rings is 1. The van der Waals surface area contributed by atoms with Crippen LogP contribution in [0.1, 0.15) is 41.3 Å². The number of fused-ring (bicyclic) bond motifs is 1. The highest BCUT2D eigenvalue weighted by atomic mass is 19.3. The van der Waals surface area contributed by atoms with Crippen LogP contribution in [0.5, 0.6) is 0 Å². The van der Waals surface area contributed by atoms with Crippen molar-refractivity contribution >= 4 is 23.6 Å². The highest BCUT2D eigenvalue weighted by Crippen LogP contribution is 2.48. The largest absolute Gasteiger partial charge is 0.379 e. The predicted octanol–water partition coefficient (Wildman–Crippen LogP) is 1.67. The van der Waals surface area contributed by atoms with E-state index in [0.717, 1.165) is 0 Å². The van der Waals surface area contributed by atoms with Gasteiger partial charge in [0, 0.05) is 37.6 Å². The van der Waals surface area contributed by atoms with Crippen molar-refractivity contribution in [3.63, 3.8) is 0 Å². The van der Waals surface area contributed by atoms with Crippen LogP contribution in [0.2, 0.25) is 0 Å². The van der Waals surface area contributed by atoms with Crippen LogP contribution in [0.25, 0.3) is 0 Å². The Morgan fingerprint density at radius 1 is 1.30 bits per heavy atom. The molecule has 3 aliphatic rings. The fraction of sp³-hybridized carbons (Fsp3) is 0.524. The molecular formula is C21H22F4N4O4. The number of nitrogens with one attached hydrogen (secondary N) is 3. The van der Waals surface area contributed by atoms with Crippen LogP contribution >= 0.6 is 0 Å². The van der Waals surface area contributed by atoms with Crippen LogP contribution in [0.15, 0.2) is 18.2 Å². The number of amides is 3. The van der Waals surface area contributed by atoms with Gasteiger partial charge in [-0.15, -0.1) is 0 Å². The molecule has 3 amide bonds. The predicted molar refractivity (Wildman–Crippen MR) is 106 cm³/mol. The van der Waals surface area contributed by atoms with Gasteiger partial charge in [0.15, 0.2) is 0 Å². The Kier molecular flexibility index (Phi) is 5.67. The molecule has 1 aromatic rings. The van der Waals surface area contributed by atoms with Crippen molar-refractivity contribution in [2.24, 2.45) is 5.92 Å². The summed E-state index contributed by atoms with van der Waals surface area (Å²) < 4.78 is 58.2. The second kappa shape index (κ2) is 8.08. The lowest BCUT2D eigenvalue weighted by molar-refractivity contribution is -0.141. The molecular weight excluding hydrogens is 448 g/mol. The van der Waals surface area contributed by atoms with Crippen molar-refractivity contribution in [1.82, 2.24) is 15.5 Å². The van der Waals surface area contributed by atoms with E-state index in [4.69, 9.17) is 10.1 Å². The van der Waals surface area contributed by atoms with Gasteiger partial charge in [-0.1, -0.05) is 12.1 Å². The SMILES string of the molecule is CC(F)(F)C(=O)NC(=N)c1ccc2c(c1)C(=O)N(C1COCC[C@H]1NC(=O)[C@H]1CC1(F)F)C2. The van der Waals surface area contributed by atoms with Crippen LogP contribution in [0, 0.1) is 11.3 Å². The van der Waals surface area contributed by atoms with E-state index in [2.05, 4.69) is 5.32 Å². The summed E-state index contributed by atoms with van der Waals surface area (Å²) in [6.07, 6.45) is -0.141. The molecule has 2 aliphatic heterocycles. The molecule has 1 saturated carbocycles. The summed E-state index contributed by atoms with van der Waals surface area (Å²) in [6.45, 7) is 0.989. The standard InChI is InChI=1S/C21H22F4N4O4/c1-20(22,23)19(32)28-16(26)10-2-3-11-8-29(18(31)12(11)6-10)15-9-33-5-4-14(15)27-17(30)13-7-21(13,24)25/h2-3,6,13-15H,4-5,7-9H2,1H3,(H,27,30)(H2,26,28,32)/t13-,14-,15?/m1/s1. The number of carbonyl (C=O) groups is 3. The first-order chi connectivity index (χ1) is 15.4. The molecule has 2 fully saturated rings. The molecule has 12 heteroatoms. The smallest absolute Gasteiger partial charge is 0.322 e. The van der Waals surface area contributed by atoms with Crippen LogP contribution < -0.4 is 10.6 Å². The Hall–Kier alpha value is -3.02. The third-order valence-electron chi connectivity index (χ3n) is 6.06. The fourth-order valence-electron chi connectivity index (χ4n) is 4.02. The molecule has 1 aromatic carbocycles. The minimum atomic E-state index is -3.67. The zero-order valence-electron chi connectivity index (χ0n) is 17.6. The van der Waals surface area contributed by atoms with E-state index in [1.54, 1.807) is 6.07 Å². The minimum absolute atomic E-state index is 0.0715. The summed E-state index contributed by atoms with van der Waals surface area (Å²) in [5.41, 5.74) is 0.898. The second-order valence-corrected chi connectivity index (χ2v) is 8.59. The first-order valence-corrected chi connectivity index (χ1v) is 10.4. The highest BCUT2D eigenvalue weighted by Gasteiger charge is 2.61. The van der Waals surface area contributed by atoms with Gasteiger partial charge in [-0.3, -0.25) is 19.8 Å².